The van der Waals surface area contributed by atoms with Gasteiger partial charge in [-0.05, 0) is 52.8 Å². The first-order valence-corrected chi connectivity index (χ1v) is 7.58. The molecule has 1 aromatic heterocycles. The van der Waals surface area contributed by atoms with E-state index in [4.69, 9.17) is 11.6 Å². The van der Waals surface area contributed by atoms with E-state index in [1.165, 1.54) is 25.9 Å². The third kappa shape index (κ3) is 3.03. The Bertz CT molecular complexity index is 461. The topological polar surface area (TPSA) is 25.2 Å². The summed E-state index contributed by atoms with van der Waals surface area (Å²) < 4.78 is 2.28. The molecule has 19 heavy (non-hydrogen) atoms. The SMILES string of the molecule is Cc1cc(C(=O)CCl)c(C)n1C(C)CN1CCCC1. The zero-order chi connectivity index (χ0) is 14.0. The van der Waals surface area contributed by atoms with Crippen LogP contribution in [0.2, 0.25) is 0 Å². The van der Waals surface area contributed by atoms with Crippen LogP contribution in [0.25, 0.3) is 0 Å². The van der Waals surface area contributed by atoms with Crippen LogP contribution in [0.15, 0.2) is 6.07 Å². The number of ketones is 1. The van der Waals surface area contributed by atoms with Crippen LogP contribution in [0.5, 0.6) is 0 Å². The minimum absolute atomic E-state index is 0.0226. The second kappa shape index (κ2) is 6.10. The number of Topliss-reactive ketones (excluding diaryl/α,β-unsaturated/α-hetero) is 1. The monoisotopic (exact) mass is 282 g/mol. The van der Waals surface area contributed by atoms with E-state index in [9.17, 15) is 4.79 Å². The number of aryl methyl sites for hydroxylation is 1. The van der Waals surface area contributed by atoms with Gasteiger partial charge in [-0.2, -0.15) is 0 Å². The lowest BCUT2D eigenvalue weighted by Gasteiger charge is -2.24. The molecule has 4 heteroatoms. The fourth-order valence-corrected chi connectivity index (χ4v) is 3.37. The molecule has 1 unspecified atom stereocenters. The average molecular weight is 283 g/mol. The summed E-state index contributed by atoms with van der Waals surface area (Å²) in [5.74, 6) is 0.0829. The molecule has 0 radical (unpaired) electrons. The number of hydrogen-bond acceptors (Lipinski definition) is 2. The van der Waals surface area contributed by atoms with Crippen molar-refractivity contribution in [3.05, 3.63) is 23.0 Å². The molecule has 1 aromatic rings. The van der Waals surface area contributed by atoms with E-state index in [2.05, 4.69) is 23.3 Å². The first-order valence-electron chi connectivity index (χ1n) is 7.04. The zero-order valence-electron chi connectivity index (χ0n) is 12.1. The summed E-state index contributed by atoms with van der Waals surface area (Å²) in [6.07, 6.45) is 2.62. The van der Waals surface area contributed by atoms with Crippen LogP contribution in [0, 0.1) is 13.8 Å². The van der Waals surface area contributed by atoms with Crippen molar-refractivity contribution in [3.63, 3.8) is 0 Å². The van der Waals surface area contributed by atoms with Crippen LogP contribution in [-0.2, 0) is 0 Å². The molecule has 0 aromatic carbocycles. The highest BCUT2D eigenvalue weighted by atomic mass is 35.5. The molecular weight excluding hydrogens is 260 g/mol. The maximum absolute atomic E-state index is 11.8. The number of likely N-dealkylation sites (tertiary alicyclic amines) is 1. The molecule has 0 N–H and O–H groups in total. The fourth-order valence-electron chi connectivity index (χ4n) is 3.23. The number of rotatable bonds is 5. The van der Waals surface area contributed by atoms with Crippen LogP contribution in [0.3, 0.4) is 0 Å². The molecule has 0 saturated carbocycles. The van der Waals surface area contributed by atoms with Gasteiger partial charge in [0.2, 0.25) is 0 Å². The summed E-state index contributed by atoms with van der Waals surface area (Å²) in [4.78, 5) is 14.3. The maximum atomic E-state index is 11.8. The lowest BCUT2D eigenvalue weighted by atomic mass is 10.2. The van der Waals surface area contributed by atoms with Crippen molar-refractivity contribution >= 4 is 17.4 Å². The minimum Gasteiger partial charge on any atom is -0.344 e. The standard InChI is InChI=1S/C15H23ClN2O/c1-11-8-14(15(19)9-16)13(3)18(11)12(2)10-17-6-4-5-7-17/h8,12H,4-7,9-10H2,1-3H3. The maximum Gasteiger partial charge on any atom is 0.179 e. The van der Waals surface area contributed by atoms with E-state index in [0.29, 0.717) is 6.04 Å². The summed E-state index contributed by atoms with van der Waals surface area (Å²) in [5, 5.41) is 0. The number of nitrogens with zero attached hydrogens (tertiary/aromatic N) is 2. The van der Waals surface area contributed by atoms with Crippen molar-refractivity contribution in [1.82, 2.24) is 9.47 Å². The number of hydrogen-bond donors (Lipinski definition) is 0. The molecule has 2 heterocycles. The normalized spacial score (nSPS) is 17.9. The summed E-state index contributed by atoms with van der Waals surface area (Å²) in [7, 11) is 0. The molecule has 0 bridgehead atoms. The third-order valence-corrected chi connectivity index (χ3v) is 4.31. The molecule has 1 atom stereocenters. The molecule has 0 aliphatic carbocycles. The van der Waals surface area contributed by atoms with Gasteiger partial charge in [0, 0.05) is 29.5 Å². The van der Waals surface area contributed by atoms with Crippen molar-refractivity contribution in [2.45, 2.75) is 39.7 Å². The summed E-state index contributed by atoms with van der Waals surface area (Å²) in [5.41, 5.74) is 2.98. The Morgan fingerprint density at radius 2 is 2.00 bits per heavy atom. The van der Waals surface area contributed by atoms with E-state index in [0.717, 1.165) is 23.5 Å². The smallest absolute Gasteiger partial charge is 0.179 e. The number of carbonyl (C=O) groups is 1. The van der Waals surface area contributed by atoms with E-state index in [-0.39, 0.29) is 11.7 Å². The van der Waals surface area contributed by atoms with Gasteiger partial charge in [-0.1, -0.05) is 0 Å². The van der Waals surface area contributed by atoms with Crippen molar-refractivity contribution < 1.29 is 4.79 Å². The number of alkyl halides is 1. The second-order valence-corrected chi connectivity index (χ2v) is 5.84. The van der Waals surface area contributed by atoms with Gasteiger partial charge in [0.25, 0.3) is 0 Å². The van der Waals surface area contributed by atoms with Crippen LogP contribution in [0.1, 0.15) is 47.6 Å². The first kappa shape index (κ1) is 14.6. The van der Waals surface area contributed by atoms with Gasteiger partial charge < -0.3 is 9.47 Å². The lowest BCUT2D eigenvalue weighted by Crippen LogP contribution is -2.28. The van der Waals surface area contributed by atoms with Gasteiger partial charge in [-0.25, -0.2) is 0 Å². The molecule has 106 valence electrons. The summed E-state index contributed by atoms with van der Waals surface area (Å²) >= 11 is 5.67. The van der Waals surface area contributed by atoms with Gasteiger partial charge in [0.05, 0.1) is 5.88 Å². The molecule has 1 saturated heterocycles. The van der Waals surface area contributed by atoms with Gasteiger partial charge in [-0.3, -0.25) is 4.79 Å². The van der Waals surface area contributed by atoms with E-state index >= 15 is 0 Å². The average Bonchev–Trinajstić information content (AvgIpc) is 2.96. The summed E-state index contributed by atoms with van der Waals surface area (Å²) in [6, 6.07) is 2.37. The molecule has 0 amide bonds. The van der Waals surface area contributed by atoms with Crippen molar-refractivity contribution in [3.8, 4) is 0 Å². The molecule has 1 aliphatic heterocycles. The molecule has 0 spiro atoms. The Balaban J connectivity index is 2.18. The highest BCUT2D eigenvalue weighted by Crippen LogP contribution is 2.23. The van der Waals surface area contributed by atoms with Crippen LogP contribution < -0.4 is 0 Å². The lowest BCUT2D eigenvalue weighted by molar-refractivity contribution is 0.102. The minimum atomic E-state index is 0.0226. The van der Waals surface area contributed by atoms with Gasteiger partial charge in [0.1, 0.15) is 0 Å². The fraction of sp³-hybridized carbons (Fsp3) is 0.667. The van der Waals surface area contributed by atoms with E-state index in [1.807, 2.05) is 13.0 Å². The van der Waals surface area contributed by atoms with E-state index in [1.54, 1.807) is 0 Å². The predicted molar refractivity (Wildman–Crippen MR) is 79.3 cm³/mol. The molecule has 2 rings (SSSR count). The predicted octanol–water partition coefficient (Wildman–Crippen LogP) is 3.18. The molecule has 1 aliphatic rings. The highest BCUT2D eigenvalue weighted by Gasteiger charge is 2.21. The van der Waals surface area contributed by atoms with Gasteiger partial charge in [0.15, 0.2) is 5.78 Å². The van der Waals surface area contributed by atoms with Gasteiger partial charge in [-0.15, -0.1) is 11.6 Å². The Hall–Kier alpha value is -0.800. The van der Waals surface area contributed by atoms with Crippen LogP contribution in [-0.4, -0.2) is 40.8 Å². The third-order valence-electron chi connectivity index (χ3n) is 4.07. The van der Waals surface area contributed by atoms with Crippen molar-refractivity contribution in [2.75, 3.05) is 25.5 Å². The van der Waals surface area contributed by atoms with Gasteiger partial charge >= 0.3 is 0 Å². The number of aromatic nitrogens is 1. The number of carbonyl (C=O) groups excluding carboxylic acids is 1. The molecule has 1 fully saturated rings. The van der Waals surface area contributed by atoms with Crippen LogP contribution >= 0.6 is 11.6 Å². The molecule has 3 nitrogen and oxygen atoms in total. The zero-order valence-corrected chi connectivity index (χ0v) is 12.8. The first-order chi connectivity index (χ1) is 9.04. The number of halogens is 1. The largest absolute Gasteiger partial charge is 0.344 e. The second-order valence-electron chi connectivity index (χ2n) is 5.57. The Morgan fingerprint density at radius 3 is 2.58 bits per heavy atom. The van der Waals surface area contributed by atoms with E-state index < -0.39 is 0 Å². The van der Waals surface area contributed by atoms with Crippen molar-refractivity contribution in [1.29, 1.82) is 0 Å². The highest BCUT2D eigenvalue weighted by molar-refractivity contribution is 6.30. The summed E-state index contributed by atoms with van der Waals surface area (Å²) in [6.45, 7) is 9.79. The molecular formula is C15H23ClN2O. The van der Waals surface area contributed by atoms with Crippen LogP contribution in [0.4, 0.5) is 0 Å². The quantitative estimate of drug-likeness (QED) is 0.612. The Labute approximate surface area is 120 Å². The van der Waals surface area contributed by atoms with Crippen molar-refractivity contribution in [2.24, 2.45) is 0 Å². The Kier molecular flexibility index (Phi) is 4.69. The Morgan fingerprint density at radius 1 is 1.37 bits per heavy atom.